The minimum Gasteiger partial charge on any atom is -0.340 e. The first-order valence-corrected chi connectivity index (χ1v) is 10.5. The van der Waals surface area contributed by atoms with Gasteiger partial charge in [-0.2, -0.15) is 5.10 Å². The molecule has 3 amide bonds. The number of hydrogen-bond donors (Lipinski definition) is 0. The van der Waals surface area contributed by atoms with Crippen molar-refractivity contribution >= 4 is 11.9 Å². The van der Waals surface area contributed by atoms with Crippen LogP contribution in [0.2, 0.25) is 0 Å². The third-order valence-corrected chi connectivity index (χ3v) is 6.40. The zero-order valence-electron chi connectivity index (χ0n) is 18.4. The summed E-state index contributed by atoms with van der Waals surface area (Å²) in [5, 5.41) is 4.32. The number of aryl methyl sites for hydroxylation is 3. The molecule has 0 aliphatic carbocycles. The van der Waals surface area contributed by atoms with Gasteiger partial charge >= 0.3 is 6.03 Å². The standard InChI is InChI=1S/C22H30N6O2/c1-14-8-6-7-9-18(14)21-19-12-26(10-17(19)11-27(21)22(30)25(4)5)20(29)13-28-16(3)23-15(2)24-28/h6-9,17,19,21H,10-13H2,1-5H3/t17-,19-,21+/m1/s1. The van der Waals surface area contributed by atoms with Crippen LogP contribution in [0, 0.1) is 32.6 Å². The van der Waals surface area contributed by atoms with Crippen LogP contribution >= 0.6 is 0 Å². The van der Waals surface area contributed by atoms with Gasteiger partial charge in [0, 0.05) is 45.6 Å². The zero-order chi connectivity index (χ0) is 21.6. The molecule has 2 fully saturated rings. The van der Waals surface area contributed by atoms with Crippen molar-refractivity contribution in [1.82, 2.24) is 29.5 Å². The molecule has 0 bridgehead atoms. The summed E-state index contributed by atoms with van der Waals surface area (Å²) in [7, 11) is 3.59. The topological polar surface area (TPSA) is 74.6 Å². The highest BCUT2D eigenvalue weighted by atomic mass is 16.2. The second-order valence-corrected chi connectivity index (χ2v) is 8.72. The molecule has 4 rings (SSSR count). The number of hydrogen-bond acceptors (Lipinski definition) is 4. The molecule has 2 aliphatic rings. The molecule has 2 aliphatic heterocycles. The van der Waals surface area contributed by atoms with Crippen molar-refractivity contribution in [1.29, 1.82) is 0 Å². The van der Waals surface area contributed by atoms with Crippen LogP contribution in [0.25, 0.3) is 0 Å². The van der Waals surface area contributed by atoms with E-state index in [2.05, 4.69) is 29.1 Å². The Balaban J connectivity index is 1.56. The predicted octanol–water partition coefficient (Wildman–Crippen LogP) is 2.02. The normalized spacial score (nSPS) is 23.0. The molecule has 30 heavy (non-hydrogen) atoms. The van der Waals surface area contributed by atoms with Gasteiger partial charge in [-0.3, -0.25) is 4.79 Å². The first kappa shape index (κ1) is 20.4. The minimum absolute atomic E-state index is 0.0146. The number of likely N-dealkylation sites (tertiary alicyclic amines) is 2. The molecule has 2 aromatic rings. The van der Waals surface area contributed by atoms with Gasteiger partial charge in [-0.1, -0.05) is 24.3 Å². The van der Waals surface area contributed by atoms with E-state index in [0.717, 1.165) is 5.82 Å². The van der Waals surface area contributed by atoms with Crippen molar-refractivity contribution in [3.05, 3.63) is 47.0 Å². The molecule has 1 aromatic carbocycles. The largest absolute Gasteiger partial charge is 0.340 e. The maximum Gasteiger partial charge on any atom is 0.320 e. The highest BCUT2D eigenvalue weighted by molar-refractivity contribution is 5.77. The smallest absolute Gasteiger partial charge is 0.320 e. The van der Waals surface area contributed by atoms with E-state index in [9.17, 15) is 9.59 Å². The fourth-order valence-corrected chi connectivity index (χ4v) is 4.96. The Morgan fingerprint density at radius 3 is 2.47 bits per heavy atom. The van der Waals surface area contributed by atoms with Crippen LogP contribution in [0.1, 0.15) is 28.8 Å². The van der Waals surface area contributed by atoms with E-state index in [1.807, 2.05) is 35.8 Å². The van der Waals surface area contributed by atoms with Gasteiger partial charge in [0.2, 0.25) is 5.91 Å². The monoisotopic (exact) mass is 410 g/mol. The lowest BCUT2D eigenvalue weighted by atomic mass is 9.88. The van der Waals surface area contributed by atoms with Crippen LogP contribution in [0.15, 0.2) is 24.3 Å². The van der Waals surface area contributed by atoms with Crippen LogP contribution in [0.4, 0.5) is 4.79 Å². The number of carbonyl (C=O) groups excluding carboxylic acids is 2. The van der Waals surface area contributed by atoms with Gasteiger partial charge in [-0.05, 0) is 31.9 Å². The van der Waals surface area contributed by atoms with E-state index < -0.39 is 0 Å². The average molecular weight is 411 g/mol. The summed E-state index contributed by atoms with van der Waals surface area (Å²) >= 11 is 0. The summed E-state index contributed by atoms with van der Waals surface area (Å²) in [5.74, 6) is 2.00. The van der Waals surface area contributed by atoms with Gasteiger partial charge in [0.15, 0.2) is 0 Å². The third-order valence-electron chi connectivity index (χ3n) is 6.40. The molecule has 2 saturated heterocycles. The summed E-state index contributed by atoms with van der Waals surface area (Å²) in [6, 6.07) is 8.28. The first-order valence-electron chi connectivity index (χ1n) is 10.5. The number of urea groups is 1. The van der Waals surface area contributed by atoms with Gasteiger partial charge in [0.05, 0.1) is 6.04 Å². The summed E-state index contributed by atoms with van der Waals surface area (Å²) in [6.45, 7) is 8.01. The Morgan fingerprint density at radius 2 is 1.83 bits per heavy atom. The van der Waals surface area contributed by atoms with Crippen LogP contribution in [-0.2, 0) is 11.3 Å². The number of rotatable bonds is 3. The van der Waals surface area contributed by atoms with Gasteiger partial charge in [0.25, 0.3) is 0 Å². The highest BCUT2D eigenvalue weighted by Gasteiger charge is 2.50. The molecule has 0 unspecified atom stereocenters. The molecule has 3 heterocycles. The average Bonchev–Trinajstić information content (AvgIpc) is 3.34. The number of nitrogens with zero attached hydrogens (tertiary/aromatic N) is 6. The number of fused-ring (bicyclic) bond motifs is 1. The van der Waals surface area contributed by atoms with Crippen LogP contribution < -0.4 is 0 Å². The summed E-state index contributed by atoms with van der Waals surface area (Å²) in [5.41, 5.74) is 2.36. The second-order valence-electron chi connectivity index (χ2n) is 8.72. The summed E-state index contributed by atoms with van der Waals surface area (Å²) < 4.78 is 1.67. The molecule has 0 radical (unpaired) electrons. The lowest BCUT2D eigenvalue weighted by Crippen LogP contribution is -2.42. The molecular formula is C22H30N6O2. The Morgan fingerprint density at radius 1 is 1.10 bits per heavy atom. The molecule has 0 spiro atoms. The van der Waals surface area contributed by atoms with E-state index in [1.54, 1.807) is 23.7 Å². The maximum absolute atomic E-state index is 13.0. The molecular weight excluding hydrogens is 380 g/mol. The minimum atomic E-state index is -0.0146. The Labute approximate surface area is 177 Å². The summed E-state index contributed by atoms with van der Waals surface area (Å²) in [4.78, 5) is 35.8. The molecule has 3 atom stereocenters. The van der Waals surface area contributed by atoms with E-state index in [4.69, 9.17) is 0 Å². The van der Waals surface area contributed by atoms with Gasteiger partial charge < -0.3 is 14.7 Å². The molecule has 0 saturated carbocycles. The number of benzene rings is 1. The molecule has 160 valence electrons. The SMILES string of the molecule is Cc1nc(C)n(CC(=O)N2C[C@@H]3CN(C(=O)N(C)C)[C@@H](c4ccccc4C)[C@@H]3C2)n1. The lowest BCUT2D eigenvalue weighted by Gasteiger charge is -2.32. The van der Waals surface area contributed by atoms with E-state index in [-0.39, 0.29) is 36.4 Å². The Bertz CT molecular complexity index is 968. The van der Waals surface area contributed by atoms with Crippen LogP contribution in [0.3, 0.4) is 0 Å². The maximum atomic E-state index is 13.0. The van der Waals surface area contributed by atoms with Crippen LogP contribution in [-0.4, -0.2) is 75.1 Å². The summed E-state index contributed by atoms with van der Waals surface area (Å²) in [6.07, 6.45) is 0. The number of carbonyl (C=O) groups is 2. The van der Waals surface area contributed by atoms with Crippen molar-refractivity contribution in [3.63, 3.8) is 0 Å². The third kappa shape index (κ3) is 3.55. The molecule has 8 nitrogen and oxygen atoms in total. The van der Waals surface area contributed by atoms with Crippen LogP contribution in [0.5, 0.6) is 0 Å². The van der Waals surface area contributed by atoms with Gasteiger partial charge in [-0.25, -0.2) is 14.5 Å². The highest BCUT2D eigenvalue weighted by Crippen LogP contribution is 2.46. The van der Waals surface area contributed by atoms with E-state index >= 15 is 0 Å². The fourth-order valence-electron chi connectivity index (χ4n) is 4.96. The van der Waals surface area contributed by atoms with E-state index in [0.29, 0.717) is 25.5 Å². The predicted molar refractivity (Wildman–Crippen MR) is 113 cm³/mol. The molecule has 0 N–H and O–H groups in total. The second kappa shape index (κ2) is 7.74. The van der Waals surface area contributed by atoms with E-state index in [1.165, 1.54) is 11.1 Å². The Kier molecular flexibility index (Phi) is 5.26. The number of amides is 3. The van der Waals surface area contributed by atoms with Gasteiger partial charge in [0.1, 0.15) is 18.2 Å². The Hall–Kier alpha value is -2.90. The first-order chi connectivity index (χ1) is 14.3. The van der Waals surface area contributed by atoms with Crippen molar-refractivity contribution in [2.24, 2.45) is 11.8 Å². The quantitative estimate of drug-likeness (QED) is 0.776. The lowest BCUT2D eigenvalue weighted by molar-refractivity contribution is -0.131. The zero-order valence-corrected chi connectivity index (χ0v) is 18.4. The molecule has 1 aromatic heterocycles. The van der Waals surface area contributed by atoms with Crippen molar-refractivity contribution in [2.75, 3.05) is 33.7 Å². The fraction of sp³-hybridized carbons (Fsp3) is 0.545. The number of aromatic nitrogens is 3. The van der Waals surface area contributed by atoms with Crippen molar-refractivity contribution in [3.8, 4) is 0 Å². The van der Waals surface area contributed by atoms with Gasteiger partial charge in [-0.15, -0.1) is 0 Å². The van der Waals surface area contributed by atoms with Crippen molar-refractivity contribution in [2.45, 2.75) is 33.4 Å². The van der Waals surface area contributed by atoms with Crippen molar-refractivity contribution < 1.29 is 9.59 Å². The molecule has 8 heteroatoms.